The fraction of sp³-hybridized carbons (Fsp3) is 0.0556. The number of fused-ring (bicyclic) bond motifs is 1. The van der Waals surface area contributed by atoms with Gasteiger partial charge in [0.05, 0.1) is 5.56 Å². The molecule has 0 aliphatic rings. The van der Waals surface area contributed by atoms with Gasteiger partial charge in [-0.15, -0.1) is 0 Å². The normalized spacial score (nSPS) is 10.7. The van der Waals surface area contributed by atoms with Crippen molar-refractivity contribution in [1.29, 1.82) is 0 Å². The van der Waals surface area contributed by atoms with E-state index in [1.165, 1.54) is 0 Å². The summed E-state index contributed by atoms with van der Waals surface area (Å²) < 4.78 is 0. The summed E-state index contributed by atoms with van der Waals surface area (Å²) in [6.45, 7) is 1.97. The summed E-state index contributed by atoms with van der Waals surface area (Å²) in [6.07, 6.45) is 0. The maximum absolute atomic E-state index is 11.4. The van der Waals surface area contributed by atoms with Gasteiger partial charge in [0.25, 0.3) is 0 Å². The number of phenolic OH excluding ortho intramolecular Hbond substituents is 1. The third-order valence-electron chi connectivity index (χ3n) is 3.72. The Kier molecular flexibility index (Phi) is 3.10. The summed E-state index contributed by atoms with van der Waals surface area (Å²) >= 11 is 0. The maximum Gasteiger partial charge on any atom is 0.336 e. The van der Waals surface area contributed by atoms with Crippen molar-refractivity contribution in [2.75, 3.05) is 0 Å². The number of aromatic carboxylic acids is 1. The molecule has 0 aromatic heterocycles. The van der Waals surface area contributed by atoms with Crippen LogP contribution in [0.15, 0.2) is 54.6 Å². The molecule has 0 unspecified atom stereocenters. The highest BCUT2D eigenvalue weighted by molar-refractivity contribution is 5.99. The molecule has 3 aromatic carbocycles. The minimum Gasteiger partial charge on any atom is -0.508 e. The van der Waals surface area contributed by atoms with Gasteiger partial charge in [0.15, 0.2) is 0 Å². The number of carbonyl (C=O) groups is 1. The molecule has 2 N–H and O–H groups in total. The lowest BCUT2D eigenvalue weighted by atomic mass is 9.92. The van der Waals surface area contributed by atoms with Crippen LogP contribution in [-0.4, -0.2) is 16.2 Å². The predicted molar refractivity (Wildman–Crippen MR) is 82.7 cm³/mol. The van der Waals surface area contributed by atoms with Gasteiger partial charge >= 0.3 is 5.97 Å². The Hall–Kier alpha value is -2.81. The number of carboxylic acid groups (broad SMARTS) is 1. The van der Waals surface area contributed by atoms with Gasteiger partial charge in [0, 0.05) is 0 Å². The molecule has 0 amide bonds. The Labute approximate surface area is 122 Å². The average Bonchev–Trinajstić information content (AvgIpc) is 2.47. The molecule has 104 valence electrons. The molecular weight excluding hydrogens is 264 g/mol. The Balaban J connectivity index is 2.29. The SMILES string of the molecule is Cc1c(-c2ccccc2C(=O)O)ccc2cc(O)ccc12. The molecule has 0 heterocycles. The Morgan fingerprint density at radius 3 is 2.48 bits per heavy atom. The van der Waals surface area contributed by atoms with E-state index in [-0.39, 0.29) is 5.75 Å². The van der Waals surface area contributed by atoms with E-state index in [1.54, 1.807) is 24.3 Å². The maximum atomic E-state index is 11.4. The zero-order valence-electron chi connectivity index (χ0n) is 11.5. The fourth-order valence-corrected chi connectivity index (χ4v) is 2.67. The Bertz CT molecular complexity index is 850. The predicted octanol–water partition coefficient (Wildman–Crippen LogP) is 4.22. The van der Waals surface area contributed by atoms with Gasteiger partial charge in [0.2, 0.25) is 0 Å². The average molecular weight is 278 g/mol. The molecule has 0 atom stereocenters. The summed E-state index contributed by atoms with van der Waals surface area (Å²) in [5.41, 5.74) is 2.89. The van der Waals surface area contributed by atoms with Crippen molar-refractivity contribution < 1.29 is 15.0 Å². The van der Waals surface area contributed by atoms with Gasteiger partial charge in [-0.25, -0.2) is 4.79 Å². The number of hydrogen-bond donors (Lipinski definition) is 2. The van der Waals surface area contributed by atoms with Crippen LogP contribution in [0.1, 0.15) is 15.9 Å². The van der Waals surface area contributed by atoms with Crippen LogP contribution in [0.3, 0.4) is 0 Å². The van der Waals surface area contributed by atoms with Crippen LogP contribution < -0.4 is 0 Å². The summed E-state index contributed by atoms with van der Waals surface area (Å²) in [7, 11) is 0. The number of hydrogen-bond acceptors (Lipinski definition) is 2. The van der Waals surface area contributed by atoms with Crippen molar-refractivity contribution >= 4 is 16.7 Å². The highest BCUT2D eigenvalue weighted by atomic mass is 16.4. The van der Waals surface area contributed by atoms with Gasteiger partial charge in [-0.3, -0.25) is 0 Å². The largest absolute Gasteiger partial charge is 0.508 e. The van der Waals surface area contributed by atoms with Crippen LogP contribution in [-0.2, 0) is 0 Å². The number of phenols is 1. The number of benzene rings is 3. The lowest BCUT2D eigenvalue weighted by Crippen LogP contribution is -2.00. The van der Waals surface area contributed by atoms with Gasteiger partial charge in [-0.1, -0.05) is 36.4 Å². The van der Waals surface area contributed by atoms with E-state index in [4.69, 9.17) is 0 Å². The number of carboxylic acids is 1. The van der Waals surface area contributed by atoms with Crippen LogP contribution in [0, 0.1) is 6.92 Å². The van der Waals surface area contributed by atoms with E-state index < -0.39 is 5.97 Å². The zero-order valence-corrected chi connectivity index (χ0v) is 11.5. The van der Waals surface area contributed by atoms with E-state index in [9.17, 15) is 15.0 Å². The molecule has 0 aliphatic carbocycles. The first-order valence-corrected chi connectivity index (χ1v) is 6.63. The molecule has 3 rings (SSSR count). The summed E-state index contributed by atoms with van der Waals surface area (Å²) in [5.74, 6) is -0.712. The van der Waals surface area contributed by atoms with Gasteiger partial charge < -0.3 is 10.2 Å². The molecule has 0 aliphatic heterocycles. The van der Waals surface area contributed by atoms with Crippen LogP contribution in [0.2, 0.25) is 0 Å². The molecule has 0 spiro atoms. The quantitative estimate of drug-likeness (QED) is 0.738. The standard InChI is InChI=1S/C18H14O3/c1-11-14-9-7-13(19)10-12(14)6-8-15(11)16-4-2-3-5-17(16)18(20)21/h2-10,19H,1H3,(H,20,21). The molecule has 0 fully saturated rings. The zero-order chi connectivity index (χ0) is 15.0. The smallest absolute Gasteiger partial charge is 0.336 e. The molecule has 0 radical (unpaired) electrons. The molecular formula is C18H14O3. The molecule has 3 aromatic rings. The van der Waals surface area contributed by atoms with Crippen LogP contribution in [0.4, 0.5) is 0 Å². The highest BCUT2D eigenvalue weighted by Gasteiger charge is 2.13. The lowest BCUT2D eigenvalue weighted by Gasteiger charge is -2.12. The second-order valence-electron chi connectivity index (χ2n) is 4.99. The Morgan fingerprint density at radius 1 is 0.952 bits per heavy atom. The van der Waals surface area contributed by atoms with Crippen molar-refractivity contribution in [3.8, 4) is 16.9 Å². The van der Waals surface area contributed by atoms with Crippen molar-refractivity contribution in [2.45, 2.75) is 6.92 Å². The molecule has 0 saturated heterocycles. The molecule has 0 saturated carbocycles. The fourth-order valence-electron chi connectivity index (χ4n) is 2.67. The third-order valence-corrected chi connectivity index (χ3v) is 3.72. The number of aryl methyl sites for hydroxylation is 1. The van der Waals surface area contributed by atoms with E-state index in [0.29, 0.717) is 11.1 Å². The van der Waals surface area contributed by atoms with Crippen LogP contribution in [0.5, 0.6) is 5.75 Å². The van der Waals surface area contributed by atoms with Gasteiger partial charge in [-0.05, 0) is 52.6 Å². The first-order valence-electron chi connectivity index (χ1n) is 6.63. The summed E-state index contributed by atoms with van der Waals surface area (Å²) in [6, 6.07) is 16.0. The topological polar surface area (TPSA) is 57.5 Å². The molecule has 0 bridgehead atoms. The Morgan fingerprint density at radius 2 is 1.71 bits per heavy atom. The molecule has 3 nitrogen and oxygen atoms in total. The second kappa shape index (κ2) is 4.94. The first-order chi connectivity index (χ1) is 10.1. The number of aromatic hydroxyl groups is 1. The monoisotopic (exact) mass is 278 g/mol. The van der Waals surface area contributed by atoms with Crippen molar-refractivity contribution in [3.05, 3.63) is 65.7 Å². The minimum absolute atomic E-state index is 0.223. The summed E-state index contributed by atoms with van der Waals surface area (Å²) in [4.78, 5) is 11.4. The number of rotatable bonds is 2. The lowest BCUT2D eigenvalue weighted by molar-refractivity contribution is 0.0697. The first kappa shape index (κ1) is 13.2. The van der Waals surface area contributed by atoms with Crippen LogP contribution >= 0.6 is 0 Å². The van der Waals surface area contributed by atoms with Gasteiger partial charge in [-0.2, -0.15) is 0 Å². The van der Waals surface area contributed by atoms with Crippen LogP contribution in [0.25, 0.3) is 21.9 Å². The van der Waals surface area contributed by atoms with E-state index >= 15 is 0 Å². The minimum atomic E-state index is -0.934. The van der Waals surface area contributed by atoms with Crippen molar-refractivity contribution in [3.63, 3.8) is 0 Å². The molecule has 21 heavy (non-hydrogen) atoms. The van der Waals surface area contributed by atoms with E-state index in [2.05, 4.69) is 0 Å². The summed E-state index contributed by atoms with van der Waals surface area (Å²) in [5, 5.41) is 20.8. The van der Waals surface area contributed by atoms with Crippen molar-refractivity contribution in [2.24, 2.45) is 0 Å². The second-order valence-corrected chi connectivity index (χ2v) is 4.99. The van der Waals surface area contributed by atoms with E-state index in [1.807, 2.05) is 37.3 Å². The van der Waals surface area contributed by atoms with E-state index in [0.717, 1.165) is 21.9 Å². The van der Waals surface area contributed by atoms with Crippen molar-refractivity contribution in [1.82, 2.24) is 0 Å². The molecule has 3 heteroatoms. The third kappa shape index (κ3) is 2.23. The highest BCUT2D eigenvalue weighted by Crippen LogP contribution is 2.33. The van der Waals surface area contributed by atoms with Gasteiger partial charge in [0.1, 0.15) is 5.75 Å².